The Morgan fingerprint density at radius 1 is 0.690 bits per heavy atom. The first kappa shape index (κ1) is 19.8. The van der Waals surface area contributed by atoms with Gasteiger partial charge in [0, 0.05) is 5.56 Å². The monoisotopic (exact) mass is 389 g/mol. The molecule has 0 atom stereocenters. The van der Waals surface area contributed by atoms with Gasteiger partial charge in [0.2, 0.25) is 0 Å². The molecule has 146 valence electrons. The topological polar surface area (TPSA) is 81.7 Å². The van der Waals surface area contributed by atoms with Gasteiger partial charge < -0.3 is 9.47 Å². The zero-order valence-electron chi connectivity index (χ0n) is 15.5. The Hall–Kier alpha value is -3.93. The fraction of sp³-hybridized carbons (Fsp3) is 0.0870. The van der Waals surface area contributed by atoms with Crippen LogP contribution >= 0.6 is 0 Å². The van der Waals surface area contributed by atoms with Crippen LogP contribution in [-0.2, 0) is 14.3 Å². The van der Waals surface area contributed by atoms with Gasteiger partial charge in [-0.2, -0.15) is 0 Å². The molecule has 0 saturated heterocycles. The molecular weight excluding hydrogens is 370 g/mol. The van der Waals surface area contributed by atoms with E-state index in [4.69, 9.17) is 9.47 Å². The normalized spacial score (nSPS) is 10.1. The molecule has 0 aromatic heterocycles. The van der Waals surface area contributed by atoms with Crippen molar-refractivity contribution in [2.45, 2.75) is 0 Å². The van der Waals surface area contributed by atoms with E-state index < -0.39 is 24.4 Å². The number of benzene rings is 3. The average Bonchev–Trinajstić information content (AvgIpc) is 2.78. The van der Waals surface area contributed by atoms with E-state index in [0.29, 0.717) is 11.3 Å². The molecule has 6 heteroatoms. The standard InChI is InChI=1S/C23H19NO5/c25-21(24-23(27)19-9-5-2-6-10-19)15-29-22(26)16-28-20-13-11-18(12-14-20)17-7-3-1-4-8-17/h1-14H,15-16H2,(H,24,25,27). The lowest BCUT2D eigenvalue weighted by Crippen LogP contribution is -2.34. The predicted molar refractivity (Wildman–Crippen MR) is 107 cm³/mol. The van der Waals surface area contributed by atoms with Gasteiger partial charge in [-0.25, -0.2) is 4.79 Å². The summed E-state index contributed by atoms with van der Waals surface area (Å²) in [6, 6.07) is 25.4. The summed E-state index contributed by atoms with van der Waals surface area (Å²) in [5, 5.41) is 2.15. The number of hydrogen-bond donors (Lipinski definition) is 1. The van der Waals surface area contributed by atoms with Crippen LogP contribution in [-0.4, -0.2) is 31.0 Å². The molecule has 0 heterocycles. The average molecular weight is 389 g/mol. The van der Waals surface area contributed by atoms with Crippen LogP contribution in [0.1, 0.15) is 10.4 Å². The molecule has 3 rings (SSSR count). The van der Waals surface area contributed by atoms with Crippen molar-refractivity contribution >= 4 is 17.8 Å². The smallest absolute Gasteiger partial charge is 0.344 e. The summed E-state index contributed by atoms with van der Waals surface area (Å²) < 4.78 is 10.2. The van der Waals surface area contributed by atoms with E-state index in [1.165, 1.54) is 0 Å². The Bertz CT molecular complexity index is 969. The highest BCUT2D eigenvalue weighted by molar-refractivity contribution is 6.05. The van der Waals surface area contributed by atoms with E-state index in [2.05, 4.69) is 5.32 Å². The number of amides is 2. The van der Waals surface area contributed by atoms with Crippen molar-refractivity contribution in [1.29, 1.82) is 0 Å². The third-order valence-electron chi connectivity index (χ3n) is 3.97. The molecule has 0 fully saturated rings. The third-order valence-corrected chi connectivity index (χ3v) is 3.97. The molecule has 1 N–H and O–H groups in total. The zero-order chi connectivity index (χ0) is 20.5. The molecule has 2 amide bonds. The van der Waals surface area contributed by atoms with Gasteiger partial charge in [0.1, 0.15) is 5.75 Å². The van der Waals surface area contributed by atoms with E-state index in [0.717, 1.165) is 11.1 Å². The number of nitrogens with one attached hydrogen (secondary N) is 1. The van der Waals surface area contributed by atoms with E-state index in [1.54, 1.807) is 42.5 Å². The van der Waals surface area contributed by atoms with Gasteiger partial charge >= 0.3 is 5.97 Å². The summed E-state index contributed by atoms with van der Waals surface area (Å²) in [6.45, 7) is -0.904. The number of hydrogen-bond acceptors (Lipinski definition) is 5. The highest BCUT2D eigenvalue weighted by Crippen LogP contribution is 2.21. The van der Waals surface area contributed by atoms with Crippen molar-refractivity contribution in [3.05, 3.63) is 90.5 Å². The van der Waals surface area contributed by atoms with Crippen molar-refractivity contribution in [3.8, 4) is 16.9 Å². The van der Waals surface area contributed by atoms with E-state index in [1.807, 2.05) is 42.5 Å². The van der Waals surface area contributed by atoms with Crippen molar-refractivity contribution in [2.75, 3.05) is 13.2 Å². The lowest BCUT2D eigenvalue weighted by atomic mass is 10.1. The molecule has 6 nitrogen and oxygen atoms in total. The second-order valence-corrected chi connectivity index (χ2v) is 6.08. The lowest BCUT2D eigenvalue weighted by molar-refractivity contribution is -0.150. The van der Waals surface area contributed by atoms with E-state index in [-0.39, 0.29) is 6.61 Å². The highest BCUT2D eigenvalue weighted by Gasteiger charge is 2.12. The maximum Gasteiger partial charge on any atom is 0.344 e. The van der Waals surface area contributed by atoms with Gasteiger partial charge in [0.15, 0.2) is 13.2 Å². The van der Waals surface area contributed by atoms with Crippen molar-refractivity contribution in [2.24, 2.45) is 0 Å². The Balaban J connectivity index is 1.40. The molecular formula is C23H19NO5. The van der Waals surface area contributed by atoms with Gasteiger partial charge in [0.25, 0.3) is 11.8 Å². The largest absolute Gasteiger partial charge is 0.482 e. The summed E-state index contributed by atoms with van der Waals surface area (Å²) in [4.78, 5) is 35.3. The van der Waals surface area contributed by atoms with E-state index in [9.17, 15) is 14.4 Å². The maximum absolute atomic E-state index is 11.8. The molecule has 0 bridgehead atoms. The summed E-state index contributed by atoms with van der Waals surface area (Å²) in [6.07, 6.45) is 0. The molecule has 3 aromatic rings. The minimum Gasteiger partial charge on any atom is -0.482 e. The van der Waals surface area contributed by atoms with Gasteiger partial charge in [-0.3, -0.25) is 14.9 Å². The first-order chi connectivity index (χ1) is 14.1. The van der Waals surface area contributed by atoms with Gasteiger partial charge in [-0.1, -0.05) is 60.7 Å². The first-order valence-corrected chi connectivity index (χ1v) is 8.95. The van der Waals surface area contributed by atoms with Crippen LogP contribution in [0, 0.1) is 0 Å². The van der Waals surface area contributed by atoms with Crippen LogP contribution in [0.3, 0.4) is 0 Å². The van der Waals surface area contributed by atoms with Crippen LogP contribution in [0.2, 0.25) is 0 Å². The summed E-state index contributed by atoms with van der Waals surface area (Å²) in [5.74, 6) is -1.47. The Kier molecular flexibility index (Phi) is 6.73. The molecule has 0 spiro atoms. The summed E-state index contributed by atoms with van der Waals surface area (Å²) in [5.41, 5.74) is 2.45. The highest BCUT2D eigenvalue weighted by atomic mass is 16.6. The van der Waals surface area contributed by atoms with Crippen molar-refractivity contribution in [3.63, 3.8) is 0 Å². The summed E-state index contributed by atoms with van der Waals surface area (Å²) >= 11 is 0. The molecule has 0 saturated carbocycles. The summed E-state index contributed by atoms with van der Waals surface area (Å²) in [7, 11) is 0. The number of rotatable bonds is 7. The van der Waals surface area contributed by atoms with Gasteiger partial charge in [-0.15, -0.1) is 0 Å². The number of imide groups is 1. The molecule has 0 unspecified atom stereocenters. The minimum atomic E-state index is -0.709. The van der Waals surface area contributed by atoms with Crippen molar-refractivity contribution in [1.82, 2.24) is 5.32 Å². The Morgan fingerprint density at radius 2 is 1.28 bits per heavy atom. The van der Waals surface area contributed by atoms with Crippen LogP contribution in [0.4, 0.5) is 0 Å². The molecule has 29 heavy (non-hydrogen) atoms. The predicted octanol–water partition coefficient (Wildman–Crippen LogP) is 3.23. The van der Waals surface area contributed by atoms with Crippen LogP contribution in [0.15, 0.2) is 84.9 Å². The fourth-order valence-electron chi connectivity index (χ4n) is 2.53. The first-order valence-electron chi connectivity index (χ1n) is 8.95. The molecule has 0 aliphatic rings. The molecule has 0 aliphatic carbocycles. The number of carbonyl (C=O) groups is 3. The molecule has 3 aromatic carbocycles. The van der Waals surface area contributed by atoms with Crippen LogP contribution in [0.5, 0.6) is 5.75 Å². The van der Waals surface area contributed by atoms with Crippen LogP contribution in [0.25, 0.3) is 11.1 Å². The van der Waals surface area contributed by atoms with Gasteiger partial charge in [0.05, 0.1) is 0 Å². The lowest BCUT2D eigenvalue weighted by Gasteiger charge is -2.08. The Labute approximate surface area is 168 Å². The van der Waals surface area contributed by atoms with Crippen LogP contribution < -0.4 is 10.1 Å². The number of esters is 1. The van der Waals surface area contributed by atoms with E-state index >= 15 is 0 Å². The van der Waals surface area contributed by atoms with Crippen molar-refractivity contribution < 1.29 is 23.9 Å². The third kappa shape index (κ3) is 6.04. The maximum atomic E-state index is 11.8. The SMILES string of the molecule is O=C(COC(=O)COc1ccc(-c2ccccc2)cc1)NC(=O)c1ccccc1. The Morgan fingerprint density at radius 3 is 1.93 bits per heavy atom. The van der Waals surface area contributed by atoms with Gasteiger partial charge in [-0.05, 0) is 35.4 Å². The minimum absolute atomic E-state index is 0.342. The molecule has 0 radical (unpaired) electrons. The quantitative estimate of drug-likeness (QED) is 0.628. The molecule has 0 aliphatic heterocycles. The fourth-order valence-corrected chi connectivity index (χ4v) is 2.53. The number of ether oxygens (including phenoxy) is 2. The number of carbonyl (C=O) groups excluding carboxylic acids is 3. The second kappa shape index (κ2) is 9.85. The second-order valence-electron chi connectivity index (χ2n) is 6.08. The zero-order valence-corrected chi connectivity index (χ0v) is 15.5.